The number of benzene rings is 2. The molecular formula is C19H16ClN3O3. The van der Waals surface area contributed by atoms with Gasteiger partial charge in [0.2, 0.25) is 0 Å². The Kier molecular flexibility index (Phi) is 4.86. The van der Waals surface area contributed by atoms with Crippen molar-refractivity contribution >= 4 is 46.8 Å². The molecule has 0 saturated heterocycles. The van der Waals surface area contributed by atoms with Crippen molar-refractivity contribution in [2.75, 3.05) is 5.01 Å². The lowest BCUT2D eigenvalue weighted by molar-refractivity contribution is -0.118. The minimum atomic E-state index is -1.13. The molecule has 0 aliphatic carbocycles. The van der Waals surface area contributed by atoms with E-state index >= 15 is 0 Å². The minimum absolute atomic E-state index is 0.00815. The Morgan fingerprint density at radius 3 is 2.62 bits per heavy atom. The number of para-hydroxylation sites is 1. The number of carbonyl (C=O) groups excluding carboxylic acids is 1. The Balaban J connectivity index is 1.92. The Hall–Kier alpha value is -2.99. The Labute approximate surface area is 155 Å². The molecule has 26 heavy (non-hydrogen) atoms. The van der Waals surface area contributed by atoms with Crippen LogP contribution in [0.5, 0.6) is 0 Å². The zero-order chi connectivity index (χ0) is 18.8. The maximum absolute atomic E-state index is 12.7. The number of hydrazone groups is 1. The van der Waals surface area contributed by atoms with E-state index < -0.39 is 11.9 Å². The normalized spacial score (nSPS) is 17.0. The number of hydrogen-bond donors (Lipinski definition) is 1. The van der Waals surface area contributed by atoms with Crippen molar-refractivity contribution in [2.24, 2.45) is 16.0 Å². The molecule has 0 spiro atoms. The molecule has 1 aliphatic rings. The molecule has 0 radical (unpaired) electrons. The van der Waals surface area contributed by atoms with Crippen LogP contribution >= 0.6 is 11.6 Å². The maximum atomic E-state index is 12.7. The number of amides is 1. The van der Waals surface area contributed by atoms with Gasteiger partial charge >= 0.3 is 5.97 Å². The molecule has 0 bridgehead atoms. The van der Waals surface area contributed by atoms with Crippen LogP contribution in [0.15, 0.2) is 52.6 Å². The quantitative estimate of drug-likeness (QED) is 0.824. The summed E-state index contributed by atoms with van der Waals surface area (Å²) in [5.41, 5.74) is 2.14. The highest BCUT2D eigenvalue weighted by Crippen LogP contribution is 2.29. The van der Waals surface area contributed by atoms with E-state index in [1.165, 1.54) is 17.3 Å². The van der Waals surface area contributed by atoms with Crippen molar-refractivity contribution in [1.82, 2.24) is 0 Å². The fourth-order valence-corrected chi connectivity index (χ4v) is 3.00. The van der Waals surface area contributed by atoms with E-state index in [1.54, 1.807) is 32.0 Å². The van der Waals surface area contributed by atoms with Crippen LogP contribution in [0.4, 0.5) is 11.4 Å². The van der Waals surface area contributed by atoms with Crippen LogP contribution in [0, 0.1) is 12.8 Å². The van der Waals surface area contributed by atoms with Crippen LogP contribution in [0.1, 0.15) is 22.8 Å². The van der Waals surface area contributed by atoms with Crippen LogP contribution in [-0.2, 0) is 4.79 Å². The number of carbonyl (C=O) groups is 2. The van der Waals surface area contributed by atoms with Gasteiger partial charge in [0.1, 0.15) is 5.92 Å². The monoisotopic (exact) mass is 369 g/mol. The molecule has 1 N–H and O–H groups in total. The van der Waals surface area contributed by atoms with Gasteiger partial charge in [0.05, 0.1) is 22.6 Å². The molecule has 1 heterocycles. The molecule has 132 valence electrons. The highest BCUT2D eigenvalue weighted by Gasteiger charge is 2.33. The molecule has 7 heteroatoms. The third-order valence-electron chi connectivity index (χ3n) is 4.03. The molecule has 0 saturated carbocycles. The second-order valence-electron chi connectivity index (χ2n) is 5.91. The van der Waals surface area contributed by atoms with E-state index in [9.17, 15) is 14.7 Å². The second kappa shape index (κ2) is 7.09. The largest absolute Gasteiger partial charge is 0.478 e. The standard InChI is InChI=1S/C19H16ClN3O3/c1-11-8-13(20)9-15(19(25)26)17(11)21-10-16-12(2)22-23(18(16)24)14-6-4-3-5-7-14/h3-10,16H,1-2H3,(H,25,26). The number of carboxylic acids is 1. The topological polar surface area (TPSA) is 82.3 Å². The summed E-state index contributed by atoms with van der Waals surface area (Å²) in [5, 5.41) is 15.3. The fourth-order valence-electron chi connectivity index (χ4n) is 2.72. The zero-order valence-corrected chi connectivity index (χ0v) is 14.9. The molecule has 0 fully saturated rings. The molecular weight excluding hydrogens is 354 g/mol. The molecule has 1 atom stereocenters. The summed E-state index contributed by atoms with van der Waals surface area (Å²) in [6.07, 6.45) is 1.44. The molecule has 2 aromatic rings. The SMILES string of the molecule is CC1=NN(c2ccccc2)C(=O)C1C=Nc1c(C)cc(Cl)cc1C(=O)O. The Bertz CT molecular complexity index is 939. The van der Waals surface area contributed by atoms with Crippen LogP contribution in [-0.4, -0.2) is 28.9 Å². The molecule has 1 amide bonds. The van der Waals surface area contributed by atoms with E-state index in [4.69, 9.17) is 11.6 Å². The van der Waals surface area contributed by atoms with Crippen LogP contribution in [0.2, 0.25) is 5.02 Å². The highest BCUT2D eigenvalue weighted by atomic mass is 35.5. The summed E-state index contributed by atoms with van der Waals surface area (Å²) in [6.45, 7) is 3.46. The van der Waals surface area contributed by atoms with Gasteiger partial charge in [0, 0.05) is 11.2 Å². The predicted octanol–water partition coefficient (Wildman–Crippen LogP) is 4.09. The molecule has 0 aromatic heterocycles. The van der Waals surface area contributed by atoms with E-state index in [1.807, 2.05) is 18.2 Å². The lowest BCUT2D eigenvalue weighted by atomic mass is 10.1. The number of hydrogen-bond acceptors (Lipinski definition) is 4. The first kappa shape index (κ1) is 17.8. The smallest absolute Gasteiger partial charge is 0.337 e. The van der Waals surface area contributed by atoms with E-state index in [2.05, 4.69) is 10.1 Å². The first-order valence-corrected chi connectivity index (χ1v) is 8.28. The molecule has 1 aliphatic heterocycles. The van der Waals surface area contributed by atoms with Gasteiger partial charge in [-0.1, -0.05) is 29.8 Å². The fraction of sp³-hybridized carbons (Fsp3) is 0.158. The molecule has 6 nitrogen and oxygen atoms in total. The lowest BCUT2D eigenvalue weighted by Crippen LogP contribution is -2.27. The van der Waals surface area contributed by atoms with Gasteiger partial charge in [0.15, 0.2) is 0 Å². The lowest BCUT2D eigenvalue weighted by Gasteiger charge is -2.12. The number of rotatable bonds is 4. The van der Waals surface area contributed by atoms with Crippen LogP contribution in [0.25, 0.3) is 0 Å². The number of aromatic carboxylic acids is 1. The van der Waals surface area contributed by atoms with Gasteiger partial charge in [0.25, 0.3) is 5.91 Å². The summed E-state index contributed by atoms with van der Waals surface area (Å²) in [6, 6.07) is 12.1. The predicted molar refractivity (Wildman–Crippen MR) is 102 cm³/mol. The second-order valence-corrected chi connectivity index (χ2v) is 6.34. The van der Waals surface area contributed by atoms with Gasteiger partial charge in [-0.2, -0.15) is 10.1 Å². The third-order valence-corrected chi connectivity index (χ3v) is 4.25. The number of halogens is 1. The molecule has 2 aromatic carbocycles. The molecule has 1 unspecified atom stereocenters. The number of aryl methyl sites for hydroxylation is 1. The van der Waals surface area contributed by atoms with Crippen molar-refractivity contribution in [3.8, 4) is 0 Å². The number of nitrogens with zero attached hydrogens (tertiary/aromatic N) is 3. The van der Waals surface area contributed by atoms with Gasteiger partial charge in [-0.15, -0.1) is 0 Å². The van der Waals surface area contributed by atoms with Crippen molar-refractivity contribution in [3.05, 3.63) is 58.6 Å². The average Bonchev–Trinajstić information content (AvgIpc) is 2.88. The summed E-state index contributed by atoms with van der Waals surface area (Å²) in [7, 11) is 0. The average molecular weight is 370 g/mol. The van der Waals surface area contributed by atoms with Gasteiger partial charge < -0.3 is 5.11 Å². The Morgan fingerprint density at radius 2 is 1.96 bits per heavy atom. The van der Waals surface area contributed by atoms with Crippen LogP contribution < -0.4 is 5.01 Å². The van der Waals surface area contributed by atoms with Gasteiger partial charge in [-0.25, -0.2) is 4.79 Å². The first-order valence-electron chi connectivity index (χ1n) is 7.90. The minimum Gasteiger partial charge on any atom is -0.478 e. The van der Waals surface area contributed by atoms with Crippen LogP contribution in [0.3, 0.4) is 0 Å². The summed E-state index contributed by atoms with van der Waals surface area (Å²) >= 11 is 5.93. The molecule has 3 rings (SSSR count). The van der Waals surface area contributed by atoms with E-state index in [-0.39, 0.29) is 17.2 Å². The third kappa shape index (κ3) is 3.36. The van der Waals surface area contributed by atoms with Crippen molar-refractivity contribution in [3.63, 3.8) is 0 Å². The Morgan fingerprint density at radius 1 is 1.27 bits per heavy atom. The first-order chi connectivity index (χ1) is 12.4. The summed E-state index contributed by atoms with van der Waals surface area (Å²) in [5.74, 6) is -2.01. The summed E-state index contributed by atoms with van der Waals surface area (Å²) in [4.78, 5) is 28.4. The van der Waals surface area contributed by atoms with E-state index in [0.29, 0.717) is 22.0 Å². The zero-order valence-electron chi connectivity index (χ0n) is 14.2. The van der Waals surface area contributed by atoms with Crippen molar-refractivity contribution in [2.45, 2.75) is 13.8 Å². The summed E-state index contributed by atoms with van der Waals surface area (Å²) < 4.78 is 0. The highest BCUT2D eigenvalue weighted by molar-refractivity contribution is 6.31. The van der Waals surface area contributed by atoms with Crippen molar-refractivity contribution in [1.29, 1.82) is 0 Å². The number of anilines is 1. The number of carboxylic acid groups (broad SMARTS) is 1. The maximum Gasteiger partial charge on any atom is 0.337 e. The van der Waals surface area contributed by atoms with Gasteiger partial charge in [-0.05, 0) is 43.7 Å². The van der Waals surface area contributed by atoms with Gasteiger partial charge in [-0.3, -0.25) is 9.79 Å². The number of aliphatic imine (C=N–C) groups is 1. The van der Waals surface area contributed by atoms with Crippen molar-refractivity contribution < 1.29 is 14.7 Å². The van der Waals surface area contributed by atoms with E-state index in [0.717, 1.165) is 0 Å².